The van der Waals surface area contributed by atoms with E-state index in [1.54, 1.807) is 18.2 Å². The van der Waals surface area contributed by atoms with Gasteiger partial charge in [-0.1, -0.05) is 43.0 Å². The molecule has 1 N–H and O–H groups in total. The number of amides is 1. The van der Waals surface area contributed by atoms with E-state index in [0.29, 0.717) is 47.4 Å². The van der Waals surface area contributed by atoms with Gasteiger partial charge in [0.05, 0.1) is 17.9 Å². The number of Topliss-reactive ketones (excluding diaryl/α,β-unsaturated/α-hetero) is 1. The number of thioether (sulfide) groups is 1. The molecule has 1 aliphatic heterocycles. The van der Waals surface area contributed by atoms with Crippen LogP contribution in [0.5, 0.6) is 11.5 Å². The molecule has 4 rings (SSSR count). The Morgan fingerprint density at radius 2 is 1.87 bits per heavy atom. The molecule has 1 aromatic heterocycles. The highest BCUT2D eigenvalue weighted by Crippen LogP contribution is 2.32. The Balaban J connectivity index is 1.28. The van der Waals surface area contributed by atoms with E-state index in [-0.39, 0.29) is 18.1 Å². The van der Waals surface area contributed by atoms with Gasteiger partial charge in [-0.2, -0.15) is 0 Å². The number of anilines is 1. The lowest BCUT2D eigenvalue weighted by Gasteiger charge is -2.18. The van der Waals surface area contributed by atoms with Crippen LogP contribution in [0.3, 0.4) is 0 Å². The van der Waals surface area contributed by atoms with Crippen LogP contribution in [-0.2, 0) is 17.6 Å². The molecular weight excluding hydrogens is 432 g/mol. The lowest BCUT2D eigenvalue weighted by Crippen LogP contribution is -2.17. The van der Waals surface area contributed by atoms with Crippen LogP contribution in [0, 0.1) is 0 Å². The molecule has 2 heterocycles. The molecule has 3 aromatic rings. The van der Waals surface area contributed by atoms with E-state index in [0.717, 1.165) is 10.8 Å². The van der Waals surface area contributed by atoms with E-state index < -0.39 is 0 Å². The summed E-state index contributed by atoms with van der Waals surface area (Å²) in [6.07, 6.45) is 1.12. The molecule has 8 heteroatoms. The van der Waals surface area contributed by atoms with Crippen molar-refractivity contribution in [1.82, 2.24) is 4.98 Å². The van der Waals surface area contributed by atoms with E-state index in [2.05, 4.69) is 17.2 Å². The molecule has 160 valence electrons. The summed E-state index contributed by atoms with van der Waals surface area (Å²) in [5, 5.41) is 4.71. The number of ether oxygens (including phenoxy) is 2. The molecule has 6 nitrogen and oxygen atoms in total. The lowest BCUT2D eigenvalue weighted by molar-refractivity contribution is -0.115. The molecule has 0 saturated carbocycles. The highest BCUT2D eigenvalue weighted by atomic mass is 32.2. The van der Waals surface area contributed by atoms with Crippen molar-refractivity contribution in [3.8, 4) is 11.5 Å². The molecule has 0 saturated heterocycles. The summed E-state index contributed by atoms with van der Waals surface area (Å²) < 4.78 is 11.8. The summed E-state index contributed by atoms with van der Waals surface area (Å²) in [6.45, 7) is 3.11. The number of carbonyl (C=O) groups is 2. The van der Waals surface area contributed by atoms with Gasteiger partial charge in [0.2, 0.25) is 5.91 Å². The summed E-state index contributed by atoms with van der Waals surface area (Å²) >= 11 is 2.84. The molecule has 2 aromatic carbocycles. The van der Waals surface area contributed by atoms with Gasteiger partial charge >= 0.3 is 0 Å². The Morgan fingerprint density at radius 1 is 1.10 bits per heavy atom. The van der Waals surface area contributed by atoms with Crippen molar-refractivity contribution < 1.29 is 19.1 Å². The van der Waals surface area contributed by atoms with Gasteiger partial charge < -0.3 is 14.8 Å². The monoisotopic (exact) mass is 454 g/mol. The van der Waals surface area contributed by atoms with E-state index in [9.17, 15) is 9.59 Å². The highest BCUT2D eigenvalue weighted by molar-refractivity contribution is 8.01. The predicted molar refractivity (Wildman–Crippen MR) is 123 cm³/mol. The zero-order chi connectivity index (χ0) is 21.6. The number of hydrogen-bond acceptors (Lipinski definition) is 7. The third-order valence-corrected chi connectivity index (χ3v) is 6.78. The summed E-state index contributed by atoms with van der Waals surface area (Å²) in [6, 6.07) is 13.0. The third-order valence-electron chi connectivity index (χ3n) is 4.71. The second-order valence-electron chi connectivity index (χ2n) is 6.95. The number of aromatic nitrogens is 1. The molecule has 31 heavy (non-hydrogen) atoms. The van der Waals surface area contributed by atoms with E-state index in [4.69, 9.17) is 9.47 Å². The number of rotatable bonds is 8. The maximum atomic E-state index is 12.4. The van der Waals surface area contributed by atoms with Crippen LogP contribution in [-0.4, -0.2) is 35.6 Å². The zero-order valence-corrected chi connectivity index (χ0v) is 18.7. The van der Waals surface area contributed by atoms with Crippen LogP contribution < -0.4 is 14.8 Å². The predicted octanol–water partition coefficient (Wildman–Crippen LogP) is 4.63. The standard InChI is InChI=1S/C23H22N2O4S2/c1-2-15-3-5-16(6-4-15)19(26)14-31-23-25-18(13-30-23)12-22(27)24-17-7-8-20-21(11-17)29-10-9-28-20/h3-8,11,13H,2,9-10,12,14H2,1H3,(H,24,27). The second kappa shape index (κ2) is 9.98. The maximum absolute atomic E-state index is 12.4. The van der Waals surface area contributed by atoms with Crippen molar-refractivity contribution in [2.45, 2.75) is 24.1 Å². The fraction of sp³-hybridized carbons (Fsp3) is 0.261. The van der Waals surface area contributed by atoms with Crippen LogP contribution >= 0.6 is 23.1 Å². The summed E-state index contributed by atoms with van der Waals surface area (Å²) in [4.78, 5) is 29.2. The Morgan fingerprint density at radius 3 is 2.65 bits per heavy atom. The Labute approximate surface area is 189 Å². The fourth-order valence-corrected chi connectivity index (χ4v) is 4.80. The lowest BCUT2D eigenvalue weighted by atomic mass is 10.1. The summed E-state index contributed by atoms with van der Waals surface area (Å²) in [5.41, 5.74) is 3.25. The Kier molecular flexibility index (Phi) is 6.89. The number of carbonyl (C=O) groups excluding carboxylic acids is 2. The molecule has 0 bridgehead atoms. The summed E-state index contributed by atoms with van der Waals surface area (Å²) in [5.74, 6) is 1.54. The van der Waals surface area contributed by atoms with Gasteiger partial charge in [-0.25, -0.2) is 4.98 Å². The Hall–Kier alpha value is -2.84. The quantitative estimate of drug-likeness (QED) is 0.395. The molecule has 0 spiro atoms. The van der Waals surface area contributed by atoms with Gasteiger partial charge in [-0.05, 0) is 24.1 Å². The number of aryl methyl sites for hydroxylation is 1. The first kappa shape index (κ1) is 21.4. The average Bonchev–Trinajstić information content (AvgIpc) is 3.24. The largest absolute Gasteiger partial charge is 0.486 e. The Bertz CT molecular complexity index is 1080. The molecule has 0 aliphatic carbocycles. The molecule has 1 amide bonds. The van der Waals surface area contributed by atoms with Crippen LogP contribution in [0.2, 0.25) is 0 Å². The summed E-state index contributed by atoms with van der Waals surface area (Å²) in [7, 11) is 0. The minimum atomic E-state index is -0.161. The normalized spacial score (nSPS) is 12.4. The first-order valence-electron chi connectivity index (χ1n) is 9.99. The van der Waals surface area contributed by atoms with Crippen LogP contribution in [0.25, 0.3) is 0 Å². The molecule has 0 radical (unpaired) electrons. The number of nitrogens with zero attached hydrogens (tertiary/aromatic N) is 1. The number of thiazole rings is 1. The van der Waals surface area contributed by atoms with Gasteiger partial charge in [0.25, 0.3) is 0 Å². The first-order chi connectivity index (χ1) is 15.1. The van der Waals surface area contributed by atoms with Crippen molar-refractivity contribution in [3.05, 3.63) is 64.7 Å². The number of hydrogen-bond donors (Lipinski definition) is 1. The molecular formula is C23H22N2O4S2. The molecule has 0 fully saturated rings. The van der Waals surface area contributed by atoms with Crippen molar-refractivity contribution in [3.63, 3.8) is 0 Å². The van der Waals surface area contributed by atoms with Gasteiger partial charge in [0.1, 0.15) is 13.2 Å². The number of fused-ring (bicyclic) bond motifs is 1. The maximum Gasteiger partial charge on any atom is 0.230 e. The van der Waals surface area contributed by atoms with Crippen molar-refractivity contribution in [2.24, 2.45) is 0 Å². The van der Waals surface area contributed by atoms with Crippen molar-refractivity contribution in [2.75, 3.05) is 24.3 Å². The SMILES string of the molecule is CCc1ccc(C(=O)CSc2nc(CC(=O)Nc3ccc4c(c3)OCCO4)cs2)cc1. The van der Waals surface area contributed by atoms with Crippen molar-refractivity contribution in [1.29, 1.82) is 0 Å². The minimum Gasteiger partial charge on any atom is -0.486 e. The first-order valence-corrected chi connectivity index (χ1v) is 11.9. The fourth-order valence-electron chi connectivity index (χ4n) is 3.06. The van der Waals surface area contributed by atoms with E-state index >= 15 is 0 Å². The number of nitrogens with one attached hydrogen (secondary N) is 1. The van der Waals surface area contributed by atoms with Gasteiger partial charge in [-0.15, -0.1) is 11.3 Å². The van der Waals surface area contributed by atoms with Crippen LogP contribution in [0.1, 0.15) is 28.5 Å². The third kappa shape index (κ3) is 5.65. The van der Waals surface area contributed by atoms with Crippen LogP contribution in [0.15, 0.2) is 52.2 Å². The van der Waals surface area contributed by atoms with Gasteiger partial charge in [-0.3, -0.25) is 9.59 Å². The van der Waals surface area contributed by atoms with Gasteiger partial charge in [0.15, 0.2) is 21.6 Å². The average molecular weight is 455 g/mol. The smallest absolute Gasteiger partial charge is 0.230 e. The zero-order valence-electron chi connectivity index (χ0n) is 17.1. The topological polar surface area (TPSA) is 77.5 Å². The number of ketones is 1. The van der Waals surface area contributed by atoms with Crippen molar-refractivity contribution >= 4 is 40.5 Å². The van der Waals surface area contributed by atoms with Gasteiger partial charge in [0, 0.05) is 22.7 Å². The molecule has 1 aliphatic rings. The van der Waals surface area contributed by atoms with E-state index in [1.807, 2.05) is 29.6 Å². The second-order valence-corrected chi connectivity index (χ2v) is 9.03. The molecule has 0 atom stereocenters. The minimum absolute atomic E-state index is 0.0701. The molecule has 0 unspecified atom stereocenters. The van der Waals surface area contributed by atoms with Crippen LogP contribution in [0.4, 0.5) is 5.69 Å². The van der Waals surface area contributed by atoms with E-state index in [1.165, 1.54) is 28.7 Å². The highest BCUT2D eigenvalue weighted by Gasteiger charge is 2.14. The number of benzene rings is 2.